The van der Waals surface area contributed by atoms with Crippen molar-refractivity contribution in [2.75, 3.05) is 7.11 Å². The van der Waals surface area contributed by atoms with Gasteiger partial charge in [0.05, 0.1) is 12.7 Å². The van der Waals surface area contributed by atoms with Gasteiger partial charge in [-0.2, -0.15) is 0 Å². The fourth-order valence-corrected chi connectivity index (χ4v) is 2.40. The van der Waals surface area contributed by atoms with E-state index in [1.54, 1.807) is 7.11 Å². The van der Waals surface area contributed by atoms with Gasteiger partial charge in [-0.25, -0.2) is 0 Å². The molecule has 0 aromatic heterocycles. The lowest BCUT2D eigenvalue weighted by Gasteiger charge is -2.33. The fraction of sp³-hybridized carbons (Fsp3) is 0.400. The van der Waals surface area contributed by atoms with Crippen molar-refractivity contribution in [3.63, 3.8) is 0 Å². The minimum atomic E-state index is -0.0617. The van der Waals surface area contributed by atoms with Crippen LogP contribution < -0.4 is 0 Å². The van der Waals surface area contributed by atoms with Gasteiger partial charge in [-0.3, -0.25) is 4.79 Å². The lowest BCUT2D eigenvalue weighted by molar-refractivity contribution is -0.115. The number of hydrogen-bond acceptors (Lipinski definition) is 2. The predicted molar refractivity (Wildman–Crippen MR) is 68.4 cm³/mol. The Morgan fingerprint density at radius 1 is 1.18 bits per heavy atom. The minimum absolute atomic E-state index is 0.0617. The molecule has 2 rings (SSSR count). The largest absolute Gasteiger partial charge is 0.500 e. The molecule has 0 aliphatic heterocycles. The molecule has 0 amide bonds. The second-order valence-electron chi connectivity index (χ2n) is 5.08. The number of carbonyl (C=O) groups is 1. The van der Waals surface area contributed by atoms with Crippen LogP contribution in [-0.2, 0) is 9.53 Å². The summed E-state index contributed by atoms with van der Waals surface area (Å²) in [5.74, 6) is 1.01. The molecule has 0 bridgehead atoms. The van der Waals surface area contributed by atoms with Crippen LogP contribution in [0.3, 0.4) is 0 Å². The van der Waals surface area contributed by atoms with Gasteiger partial charge in [0.25, 0.3) is 0 Å². The van der Waals surface area contributed by atoms with Gasteiger partial charge >= 0.3 is 0 Å². The third-order valence-corrected chi connectivity index (χ3v) is 3.36. The summed E-state index contributed by atoms with van der Waals surface area (Å²) in [5.41, 5.74) is 1.65. The lowest BCUT2D eigenvalue weighted by Crippen LogP contribution is -2.26. The molecule has 1 aromatic rings. The number of carbonyl (C=O) groups excluding carboxylic acids is 1. The van der Waals surface area contributed by atoms with Crippen LogP contribution in [-0.4, -0.2) is 12.9 Å². The van der Waals surface area contributed by atoms with Crippen LogP contribution in [0.5, 0.6) is 0 Å². The van der Waals surface area contributed by atoms with Crippen molar-refractivity contribution in [2.24, 2.45) is 5.41 Å². The molecule has 1 aliphatic carbocycles. The van der Waals surface area contributed by atoms with Gasteiger partial charge in [-0.1, -0.05) is 44.2 Å². The lowest BCUT2D eigenvalue weighted by atomic mass is 9.75. The third kappa shape index (κ3) is 2.12. The second-order valence-corrected chi connectivity index (χ2v) is 5.08. The van der Waals surface area contributed by atoms with E-state index in [0.29, 0.717) is 6.42 Å². The van der Waals surface area contributed by atoms with Crippen LogP contribution in [0.25, 0.3) is 5.57 Å². The Hall–Kier alpha value is -1.57. The summed E-state index contributed by atoms with van der Waals surface area (Å²) in [7, 11) is 1.65. The summed E-state index contributed by atoms with van der Waals surface area (Å²) in [5, 5.41) is 0. The number of rotatable bonds is 2. The van der Waals surface area contributed by atoms with Crippen molar-refractivity contribution >= 4 is 11.4 Å². The fourth-order valence-electron chi connectivity index (χ4n) is 2.40. The van der Waals surface area contributed by atoms with Crippen molar-refractivity contribution in [2.45, 2.75) is 26.7 Å². The maximum Gasteiger partial charge on any atom is 0.166 e. The van der Waals surface area contributed by atoms with Gasteiger partial charge in [-0.15, -0.1) is 0 Å². The van der Waals surface area contributed by atoms with Crippen molar-refractivity contribution in [3.8, 4) is 0 Å². The average Bonchev–Trinajstić information content (AvgIpc) is 2.33. The van der Waals surface area contributed by atoms with Gasteiger partial charge in [0, 0.05) is 11.8 Å². The SMILES string of the molecule is COC1=C(c2ccccc2)C(=O)CCC1(C)C. The molecule has 0 fully saturated rings. The molecular weight excluding hydrogens is 212 g/mol. The van der Waals surface area contributed by atoms with E-state index < -0.39 is 0 Å². The van der Waals surface area contributed by atoms with Gasteiger partial charge < -0.3 is 4.74 Å². The van der Waals surface area contributed by atoms with Crippen LogP contribution in [0.2, 0.25) is 0 Å². The van der Waals surface area contributed by atoms with Crippen LogP contribution in [0, 0.1) is 5.41 Å². The predicted octanol–water partition coefficient (Wildman–Crippen LogP) is 3.43. The Labute approximate surface area is 102 Å². The first-order valence-corrected chi connectivity index (χ1v) is 5.93. The van der Waals surface area contributed by atoms with E-state index in [-0.39, 0.29) is 11.2 Å². The van der Waals surface area contributed by atoms with Crippen LogP contribution in [0.15, 0.2) is 36.1 Å². The molecule has 1 aromatic carbocycles. The standard InChI is InChI=1S/C15H18O2/c1-15(2)10-9-12(16)13(14(15)17-3)11-7-5-4-6-8-11/h4-8H,9-10H2,1-3H3. The number of hydrogen-bond donors (Lipinski definition) is 0. The highest BCUT2D eigenvalue weighted by Crippen LogP contribution is 2.42. The van der Waals surface area contributed by atoms with Crippen LogP contribution in [0.1, 0.15) is 32.3 Å². The first kappa shape index (κ1) is 11.9. The molecule has 0 radical (unpaired) electrons. The molecular formula is C15H18O2. The number of ether oxygens (including phenoxy) is 1. The van der Waals surface area contributed by atoms with Gasteiger partial charge in [0.1, 0.15) is 5.76 Å². The number of allylic oxidation sites excluding steroid dienone is 2. The second kappa shape index (κ2) is 4.36. The van der Waals surface area contributed by atoms with Crippen molar-refractivity contribution in [1.82, 2.24) is 0 Å². The zero-order valence-electron chi connectivity index (χ0n) is 10.6. The number of Topliss-reactive ketones (excluding diaryl/α,β-unsaturated/α-hetero) is 1. The zero-order valence-corrected chi connectivity index (χ0v) is 10.6. The van der Waals surface area contributed by atoms with Gasteiger partial charge in [0.15, 0.2) is 5.78 Å². The molecule has 1 aliphatic rings. The molecule has 0 spiro atoms. The summed E-state index contributed by atoms with van der Waals surface area (Å²) in [6, 6.07) is 9.78. The van der Waals surface area contributed by atoms with E-state index in [1.807, 2.05) is 30.3 Å². The van der Waals surface area contributed by atoms with E-state index in [0.717, 1.165) is 23.3 Å². The number of methoxy groups -OCH3 is 1. The van der Waals surface area contributed by atoms with E-state index in [2.05, 4.69) is 13.8 Å². The maximum absolute atomic E-state index is 12.1. The highest BCUT2D eigenvalue weighted by atomic mass is 16.5. The summed E-state index contributed by atoms with van der Waals surface area (Å²) in [6.07, 6.45) is 1.45. The maximum atomic E-state index is 12.1. The molecule has 90 valence electrons. The Bertz CT molecular complexity index is 455. The van der Waals surface area contributed by atoms with E-state index in [9.17, 15) is 4.79 Å². The van der Waals surface area contributed by atoms with E-state index in [4.69, 9.17) is 4.74 Å². The Morgan fingerprint density at radius 2 is 1.82 bits per heavy atom. The van der Waals surface area contributed by atoms with Crippen molar-refractivity contribution in [3.05, 3.63) is 41.7 Å². The Morgan fingerprint density at radius 3 is 2.41 bits per heavy atom. The average molecular weight is 230 g/mol. The molecule has 0 saturated carbocycles. The number of benzene rings is 1. The first-order chi connectivity index (χ1) is 8.06. The summed E-state index contributed by atoms with van der Waals surface area (Å²) in [6.45, 7) is 4.25. The quantitative estimate of drug-likeness (QED) is 0.778. The highest BCUT2D eigenvalue weighted by Gasteiger charge is 2.35. The molecule has 0 unspecified atom stereocenters. The monoisotopic (exact) mass is 230 g/mol. The highest BCUT2D eigenvalue weighted by molar-refractivity contribution is 6.22. The van der Waals surface area contributed by atoms with E-state index in [1.165, 1.54) is 0 Å². The molecule has 0 saturated heterocycles. The smallest absolute Gasteiger partial charge is 0.166 e. The molecule has 0 heterocycles. The Balaban J connectivity index is 2.60. The van der Waals surface area contributed by atoms with Crippen molar-refractivity contribution < 1.29 is 9.53 Å². The van der Waals surface area contributed by atoms with Gasteiger partial charge in [-0.05, 0) is 12.0 Å². The van der Waals surface area contributed by atoms with Gasteiger partial charge in [0.2, 0.25) is 0 Å². The van der Waals surface area contributed by atoms with Crippen LogP contribution >= 0.6 is 0 Å². The normalized spacial score (nSPS) is 19.4. The molecule has 0 atom stereocenters. The molecule has 2 heteroatoms. The molecule has 2 nitrogen and oxygen atoms in total. The molecule has 17 heavy (non-hydrogen) atoms. The van der Waals surface area contributed by atoms with Crippen molar-refractivity contribution in [1.29, 1.82) is 0 Å². The third-order valence-electron chi connectivity index (χ3n) is 3.36. The first-order valence-electron chi connectivity index (χ1n) is 5.93. The topological polar surface area (TPSA) is 26.3 Å². The minimum Gasteiger partial charge on any atom is -0.500 e. The zero-order chi connectivity index (χ0) is 12.5. The summed E-state index contributed by atoms with van der Waals surface area (Å²) >= 11 is 0. The van der Waals surface area contributed by atoms with E-state index >= 15 is 0 Å². The number of ketones is 1. The summed E-state index contributed by atoms with van der Waals surface area (Å²) in [4.78, 5) is 12.1. The summed E-state index contributed by atoms with van der Waals surface area (Å²) < 4.78 is 5.50. The van der Waals surface area contributed by atoms with Crippen LogP contribution in [0.4, 0.5) is 0 Å². The molecule has 0 N–H and O–H groups in total. The Kier molecular flexibility index (Phi) is 3.05.